The first-order valence-electron chi connectivity index (χ1n) is 6.28. The van der Waals surface area contributed by atoms with Crippen LogP contribution in [0.2, 0.25) is 0 Å². The molecule has 0 radical (unpaired) electrons. The van der Waals surface area contributed by atoms with E-state index in [-0.39, 0.29) is 6.61 Å². The molecule has 0 spiro atoms. The molecule has 0 heterocycles. The fourth-order valence-electron chi connectivity index (χ4n) is 1.64. The van der Waals surface area contributed by atoms with Crippen LogP contribution in [0.3, 0.4) is 0 Å². The monoisotopic (exact) mass is 258 g/mol. The molecule has 1 N–H and O–H groups in total. The van der Waals surface area contributed by atoms with Gasteiger partial charge < -0.3 is 9.84 Å². The first-order valence-corrected chi connectivity index (χ1v) is 6.28. The second-order valence-electron chi connectivity index (χ2n) is 4.66. The van der Waals surface area contributed by atoms with Crippen LogP contribution in [0.5, 0.6) is 5.75 Å². The third-order valence-electron chi connectivity index (χ3n) is 3.16. The van der Waals surface area contributed by atoms with Gasteiger partial charge in [-0.2, -0.15) is 0 Å². The topological polar surface area (TPSA) is 29.5 Å². The molecular weight excluding hydrogens is 236 g/mol. The van der Waals surface area contributed by atoms with Crippen molar-refractivity contribution in [1.29, 1.82) is 0 Å². The van der Waals surface area contributed by atoms with Gasteiger partial charge in [-0.05, 0) is 49.6 Å². The lowest BCUT2D eigenvalue weighted by atomic mass is 10.0. The summed E-state index contributed by atoms with van der Waals surface area (Å²) < 4.78 is 5.20. The van der Waals surface area contributed by atoms with Gasteiger partial charge in [-0.3, -0.25) is 0 Å². The number of aliphatic hydroxyl groups is 1. The lowest BCUT2D eigenvalue weighted by Crippen LogP contribution is -1.93. The van der Waals surface area contributed by atoms with Gasteiger partial charge in [0.25, 0.3) is 0 Å². The molecule has 0 saturated heterocycles. The Hall–Kier alpha value is -1.80. The molecule has 0 saturated carbocycles. The fourth-order valence-corrected chi connectivity index (χ4v) is 1.64. The van der Waals surface area contributed by atoms with Crippen LogP contribution in [0.1, 0.15) is 31.9 Å². The van der Waals surface area contributed by atoms with Crippen molar-refractivity contribution in [3.05, 3.63) is 59.2 Å². The highest BCUT2D eigenvalue weighted by Crippen LogP contribution is 2.24. The molecule has 0 aromatic heterocycles. The van der Waals surface area contributed by atoms with Crippen LogP contribution in [-0.4, -0.2) is 12.2 Å². The molecule has 19 heavy (non-hydrogen) atoms. The Kier molecular flexibility index (Phi) is 5.58. The van der Waals surface area contributed by atoms with Gasteiger partial charge in [0.2, 0.25) is 0 Å². The van der Waals surface area contributed by atoms with Gasteiger partial charge in [-0.1, -0.05) is 30.4 Å². The molecule has 2 nitrogen and oxygen atoms in total. The lowest BCUT2D eigenvalue weighted by Gasteiger charge is -2.09. The third kappa shape index (κ3) is 4.11. The van der Waals surface area contributed by atoms with Gasteiger partial charge in [0.15, 0.2) is 0 Å². The smallest absolute Gasteiger partial charge is 0.124 e. The molecule has 1 rings (SSSR count). The van der Waals surface area contributed by atoms with Crippen LogP contribution < -0.4 is 4.74 Å². The summed E-state index contributed by atoms with van der Waals surface area (Å²) in [5.41, 5.74) is 5.24. The Morgan fingerprint density at radius 1 is 1.26 bits per heavy atom. The van der Waals surface area contributed by atoms with E-state index >= 15 is 0 Å². The highest BCUT2D eigenvalue weighted by atomic mass is 16.5. The number of rotatable bonds is 5. The fraction of sp³-hybridized carbons (Fsp3) is 0.294. The maximum Gasteiger partial charge on any atom is 0.124 e. The number of allylic oxidation sites excluding steroid dienone is 5. The quantitative estimate of drug-likeness (QED) is 0.805. The van der Waals surface area contributed by atoms with Crippen LogP contribution in [-0.2, 0) is 6.61 Å². The number of ether oxygens (including phenoxy) is 1. The van der Waals surface area contributed by atoms with Crippen molar-refractivity contribution < 1.29 is 9.84 Å². The number of methoxy groups -OCH3 is 1. The van der Waals surface area contributed by atoms with Crippen molar-refractivity contribution in [3.8, 4) is 5.75 Å². The molecule has 0 aliphatic carbocycles. The van der Waals surface area contributed by atoms with E-state index in [2.05, 4.69) is 18.7 Å². The zero-order valence-electron chi connectivity index (χ0n) is 12.2. The Morgan fingerprint density at radius 2 is 1.95 bits per heavy atom. The van der Waals surface area contributed by atoms with E-state index < -0.39 is 0 Å². The van der Waals surface area contributed by atoms with E-state index in [4.69, 9.17) is 4.74 Å². The van der Waals surface area contributed by atoms with E-state index in [1.165, 1.54) is 0 Å². The molecule has 2 heteroatoms. The Labute approximate surface area is 115 Å². The minimum absolute atomic E-state index is 0.0229. The third-order valence-corrected chi connectivity index (χ3v) is 3.16. The van der Waals surface area contributed by atoms with Gasteiger partial charge in [0, 0.05) is 5.56 Å². The summed E-state index contributed by atoms with van der Waals surface area (Å²) >= 11 is 0. The first kappa shape index (κ1) is 15.3. The van der Waals surface area contributed by atoms with E-state index in [1.54, 1.807) is 7.11 Å². The molecule has 0 atom stereocenters. The minimum atomic E-state index is -0.0229. The summed E-state index contributed by atoms with van der Waals surface area (Å²) in [5, 5.41) is 9.32. The Bertz CT molecular complexity index is 522. The zero-order chi connectivity index (χ0) is 14.4. The summed E-state index contributed by atoms with van der Waals surface area (Å²) in [6.07, 6.45) is 4.12. The predicted molar refractivity (Wildman–Crippen MR) is 81.1 cm³/mol. The van der Waals surface area contributed by atoms with Gasteiger partial charge in [0.05, 0.1) is 13.7 Å². The molecule has 0 fully saturated rings. The second-order valence-corrected chi connectivity index (χ2v) is 4.66. The van der Waals surface area contributed by atoms with Crippen LogP contribution in [0.15, 0.2) is 48.1 Å². The number of aliphatic hydroxyl groups excluding tert-OH is 1. The van der Waals surface area contributed by atoms with Gasteiger partial charge in [-0.25, -0.2) is 0 Å². The summed E-state index contributed by atoms with van der Waals surface area (Å²) in [6, 6.07) is 5.83. The summed E-state index contributed by atoms with van der Waals surface area (Å²) in [6.45, 7) is 9.97. The van der Waals surface area contributed by atoms with E-state index in [0.717, 1.165) is 27.8 Å². The van der Waals surface area contributed by atoms with E-state index in [1.807, 2.05) is 39.0 Å². The molecule has 102 valence electrons. The van der Waals surface area contributed by atoms with Crippen molar-refractivity contribution >= 4 is 5.57 Å². The molecule has 0 amide bonds. The predicted octanol–water partition coefficient (Wildman–Crippen LogP) is 4.11. The molecule has 1 aromatic carbocycles. The number of hydrogen-bond acceptors (Lipinski definition) is 2. The molecule has 0 aliphatic heterocycles. The summed E-state index contributed by atoms with van der Waals surface area (Å²) in [7, 11) is 1.61. The zero-order valence-corrected chi connectivity index (χ0v) is 12.2. The second kappa shape index (κ2) is 6.95. The van der Waals surface area contributed by atoms with Gasteiger partial charge in [0.1, 0.15) is 5.75 Å². The van der Waals surface area contributed by atoms with Crippen LogP contribution in [0, 0.1) is 0 Å². The van der Waals surface area contributed by atoms with E-state index in [0.29, 0.717) is 5.75 Å². The SMILES string of the molecule is C=C(C)/C(C)=C\C=C(/C)c1ccc(OC)c(CO)c1. The standard InChI is InChI=1S/C17H22O2/c1-12(2)13(3)6-7-14(4)15-8-9-17(19-5)16(10-15)11-18/h6-10,18H,1,11H2,2-5H3/b13-6-,14-7+. The lowest BCUT2D eigenvalue weighted by molar-refractivity contribution is 0.274. The van der Waals surface area contributed by atoms with Crippen LogP contribution >= 0.6 is 0 Å². The normalized spacial score (nSPS) is 12.5. The number of hydrogen-bond donors (Lipinski definition) is 1. The average Bonchev–Trinajstić information content (AvgIpc) is 2.43. The largest absolute Gasteiger partial charge is 0.496 e. The van der Waals surface area contributed by atoms with Crippen LogP contribution in [0.25, 0.3) is 5.57 Å². The molecular formula is C17H22O2. The van der Waals surface area contributed by atoms with Crippen molar-refractivity contribution in [2.45, 2.75) is 27.4 Å². The van der Waals surface area contributed by atoms with Crippen molar-refractivity contribution in [1.82, 2.24) is 0 Å². The average molecular weight is 258 g/mol. The van der Waals surface area contributed by atoms with Crippen LogP contribution in [0.4, 0.5) is 0 Å². The van der Waals surface area contributed by atoms with Crippen molar-refractivity contribution in [2.24, 2.45) is 0 Å². The van der Waals surface area contributed by atoms with Gasteiger partial charge in [-0.15, -0.1) is 0 Å². The molecule has 0 bridgehead atoms. The minimum Gasteiger partial charge on any atom is -0.496 e. The summed E-state index contributed by atoms with van der Waals surface area (Å²) in [4.78, 5) is 0. The highest BCUT2D eigenvalue weighted by Gasteiger charge is 2.04. The molecule has 0 aliphatic rings. The molecule has 0 unspecified atom stereocenters. The maximum atomic E-state index is 9.32. The van der Waals surface area contributed by atoms with E-state index in [9.17, 15) is 5.11 Å². The Balaban J connectivity index is 3.06. The number of benzene rings is 1. The van der Waals surface area contributed by atoms with Crippen molar-refractivity contribution in [3.63, 3.8) is 0 Å². The first-order chi connectivity index (χ1) is 8.99. The van der Waals surface area contributed by atoms with Crippen molar-refractivity contribution in [2.75, 3.05) is 7.11 Å². The maximum absolute atomic E-state index is 9.32. The Morgan fingerprint density at radius 3 is 2.47 bits per heavy atom. The van der Waals surface area contributed by atoms with Gasteiger partial charge >= 0.3 is 0 Å². The highest BCUT2D eigenvalue weighted by molar-refractivity contribution is 5.67. The molecule has 1 aromatic rings. The summed E-state index contributed by atoms with van der Waals surface area (Å²) in [5.74, 6) is 0.715.